The number of carbonyl (C=O) groups excluding carboxylic acids is 1. The summed E-state index contributed by atoms with van der Waals surface area (Å²) >= 11 is 0. The number of aromatic hydroxyl groups is 1. The van der Waals surface area contributed by atoms with E-state index >= 15 is 0 Å². The lowest BCUT2D eigenvalue weighted by Gasteiger charge is -2.40. The molecule has 13 heteroatoms. The van der Waals surface area contributed by atoms with E-state index in [9.17, 15) is 29.8 Å². The molecule has 0 radical (unpaired) electrons. The Kier molecular flexibility index (Phi) is 7.83. The summed E-state index contributed by atoms with van der Waals surface area (Å²) in [6, 6.07) is 3.41. The van der Waals surface area contributed by atoms with Crippen LogP contribution in [-0.4, -0.2) is 79.7 Å². The van der Waals surface area contributed by atoms with E-state index in [1.54, 1.807) is 6.92 Å². The first-order valence-corrected chi connectivity index (χ1v) is 10.6. The lowest BCUT2D eigenvalue weighted by atomic mass is 9.97. The maximum absolute atomic E-state index is 11.5. The van der Waals surface area contributed by atoms with Crippen LogP contribution in [0.3, 0.4) is 0 Å². The summed E-state index contributed by atoms with van der Waals surface area (Å²) in [5.74, 6) is -0.546. The number of rotatable bonds is 7. The maximum Gasteiger partial charge on any atom is 0.325 e. The number of hydrogen-bond acceptors (Lipinski definition) is 8. The van der Waals surface area contributed by atoms with Gasteiger partial charge in [-0.1, -0.05) is 0 Å². The largest absolute Gasteiger partial charge is 0.504 e. The van der Waals surface area contributed by atoms with E-state index in [4.69, 9.17) is 19.3 Å². The first kappa shape index (κ1) is 23.4. The normalized spacial score (nSPS) is 27.3. The van der Waals surface area contributed by atoms with Gasteiger partial charge in [-0.15, -0.1) is 0 Å². The Morgan fingerprint density at radius 1 is 1.21 bits per heavy atom. The fourth-order valence-corrected chi connectivity index (χ4v) is 3.29. The number of aliphatic hydroxyl groups excluding tert-OH is 3. The molecule has 1 aliphatic rings. The van der Waals surface area contributed by atoms with Gasteiger partial charge in [0, 0.05) is 18.3 Å². The van der Waals surface area contributed by atoms with Crippen molar-refractivity contribution in [3.63, 3.8) is 0 Å². The number of carbonyl (C=O) groups is 1. The zero-order chi connectivity index (χ0) is 21.8. The maximum atomic E-state index is 11.5. The van der Waals surface area contributed by atoms with Gasteiger partial charge in [0.05, 0.1) is 12.3 Å². The highest BCUT2D eigenvalue weighted by atomic mass is 31.2. The second-order valence-corrected chi connectivity index (χ2v) is 8.25. The fraction of sp³-hybridized carbons (Fsp3) is 0.562. The lowest BCUT2D eigenvalue weighted by Crippen LogP contribution is -2.59. The predicted molar refractivity (Wildman–Crippen MR) is 99.6 cm³/mol. The van der Waals surface area contributed by atoms with E-state index < -0.39 is 56.2 Å². The Hall–Kier alpha value is -1.92. The number of urea groups is 1. The van der Waals surface area contributed by atoms with Gasteiger partial charge in [0.1, 0.15) is 18.3 Å². The zero-order valence-corrected chi connectivity index (χ0v) is 16.4. The van der Waals surface area contributed by atoms with Crippen LogP contribution < -0.4 is 15.4 Å². The SMILES string of the molecule is CCNC(=O)Nc1ccc(O[C@H]2O[C@H](CCP(=O)(O)O)[C@@H](O)[C@H](O)[C@@H]2O)c(O)c1. The van der Waals surface area contributed by atoms with Crippen LogP contribution in [0, 0.1) is 0 Å². The molecule has 0 aromatic heterocycles. The van der Waals surface area contributed by atoms with Crippen molar-refractivity contribution in [3.8, 4) is 11.5 Å². The van der Waals surface area contributed by atoms with Crippen molar-refractivity contribution in [2.45, 2.75) is 44.1 Å². The van der Waals surface area contributed by atoms with Crippen LogP contribution in [0.15, 0.2) is 18.2 Å². The molecular weight excluding hydrogens is 411 g/mol. The van der Waals surface area contributed by atoms with Gasteiger partial charge in [-0.3, -0.25) is 4.57 Å². The molecule has 12 nitrogen and oxygen atoms in total. The number of benzene rings is 1. The molecule has 0 unspecified atom stereocenters. The predicted octanol–water partition coefficient (Wildman–Crippen LogP) is -0.712. The third-order valence-corrected chi connectivity index (χ3v) is 5.01. The van der Waals surface area contributed by atoms with Crippen LogP contribution in [0.4, 0.5) is 10.5 Å². The number of aliphatic hydroxyl groups is 3. The average Bonchev–Trinajstić information content (AvgIpc) is 2.62. The van der Waals surface area contributed by atoms with E-state index in [0.29, 0.717) is 6.54 Å². The molecule has 2 rings (SSSR count). The van der Waals surface area contributed by atoms with Gasteiger partial charge in [-0.05, 0) is 25.5 Å². The first-order chi connectivity index (χ1) is 13.5. The van der Waals surface area contributed by atoms with Crippen molar-refractivity contribution in [3.05, 3.63) is 18.2 Å². The molecule has 5 atom stereocenters. The Labute approximate surface area is 166 Å². The monoisotopic (exact) mass is 436 g/mol. The molecule has 1 aromatic carbocycles. The van der Waals surface area contributed by atoms with Gasteiger partial charge in [0.2, 0.25) is 6.29 Å². The lowest BCUT2D eigenvalue weighted by molar-refractivity contribution is -0.272. The third-order valence-electron chi connectivity index (χ3n) is 4.17. The Morgan fingerprint density at radius 2 is 1.90 bits per heavy atom. The second kappa shape index (κ2) is 9.72. The molecule has 1 fully saturated rings. The smallest absolute Gasteiger partial charge is 0.325 e. The highest BCUT2D eigenvalue weighted by Gasteiger charge is 2.45. The summed E-state index contributed by atoms with van der Waals surface area (Å²) in [5, 5.41) is 45.1. The Balaban J connectivity index is 2.08. The van der Waals surface area contributed by atoms with E-state index in [1.165, 1.54) is 18.2 Å². The van der Waals surface area contributed by atoms with Crippen molar-refractivity contribution >= 4 is 19.3 Å². The molecule has 8 N–H and O–H groups in total. The standard InChI is InChI=1S/C16H25N2O10P/c1-2-17-16(23)18-8-3-4-10(9(19)7-8)27-15-14(22)13(21)12(20)11(28-15)5-6-29(24,25)26/h3-4,7,11-15,19-22H,2,5-6H2,1H3,(H2,17,18,23)(H2,24,25,26)/t11-,12-,13+,14+,15+/m1/s1. The summed E-state index contributed by atoms with van der Waals surface area (Å²) in [6.07, 6.45) is -8.62. The molecule has 1 heterocycles. The third kappa shape index (κ3) is 6.54. The Bertz CT molecular complexity index is 757. The molecule has 1 aliphatic heterocycles. The average molecular weight is 436 g/mol. The minimum Gasteiger partial charge on any atom is -0.504 e. The second-order valence-electron chi connectivity index (χ2n) is 6.48. The highest BCUT2D eigenvalue weighted by Crippen LogP contribution is 2.38. The van der Waals surface area contributed by atoms with Crippen LogP contribution >= 0.6 is 7.60 Å². The zero-order valence-electron chi connectivity index (χ0n) is 15.5. The van der Waals surface area contributed by atoms with Crippen LogP contribution in [0.5, 0.6) is 11.5 Å². The number of amides is 2. The summed E-state index contributed by atoms with van der Waals surface area (Å²) < 4.78 is 21.8. The van der Waals surface area contributed by atoms with Crippen molar-refractivity contribution in [1.82, 2.24) is 5.32 Å². The van der Waals surface area contributed by atoms with Gasteiger partial charge in [0.15, 0.2) is 11.5 Å². The van der Waals surface area contributed by atoms with Crippen LogP contribution in [0.2, 0.25) is 0 Å². The number of ether oxygens (including phenoxy) is 2. The molecule has 29 heavy (non-hydrogen) atoms. The number of hydrogen-bond donors (Lipinski definition) is 8. The quantitative estimate of drug-likeness (QED) is 0.253. The number of phenolic OH excluding ortho intramolecular Hbond substituents is 1. The Morgan fingerprint density at radius 3 is 2.48 bits per heavy atom. The van der Waals surface area contributed by atoms with E-state index in [2.05, 4.69) is 10.6 Å². The highest BCUT2D eigenvalue weighted by molar-refractivity contribution is 7.51. The molecule has 1 aromatic rings. The van der Waals surface area contributed by atoms with E-state index in [-0.39, 0.29) is 17.9 Å². The molecule has 164 valence electrons. The van der Waals surface area contributed by atoms with Gasteiger partial charge in [-0.2, -0.15) is 0 Å². The molecule has 0 saturated carbocycles. The van der Waals surface area contributed by atoms with Crippen LogP contribution in [0.1, 0.15) is 13.3 Å². The number of nitrogens with one attached hydrogen (secondary N) is 2. The van der Waals surface area contributed by atoms with E-state index in [0.717, 1.165) is 0 Å². The van der Waals surface area contributed by atoms with Crippen molar-refractivity contribution < 1.29 is 49.0 Å². The number of anilines is 1. The minimum atomic E-state index is -4.37. The van der Waals surface area contributed by atoms with Gasteiger partial charge in [-0.25, -0.2) is 4.79 Å². The van der Waals surface area contributed by atoms with Crippen LogP contribution in [0.25, 0.3) is 0 Å². The summed E-state index contributed by atoms with van der Waals surface area (Å²) in [7, 11) is -4.37. The first-order valence-electron chi connectivity index (χ1n) is 8.80. The van der Waals surface area contributed by atoms with Crippen molar-refractivity contribution in [2.75, 3.05) is 18.0 Å². The summed E-state index contributed by atoms with van der Waals surface area (Å²) in [6.45, 7) is 2.15. The minimum absolute atomic E-state index is 0.146. The molecule has 1 saturated heterocycles. The van der Waals surface area contributed by atoms with Gasteiger partial charge >= 0.3 is 13.6 Å². The summed E-state index contributed by atoms with van der Waals surface area (Å²) in [5.41, 5.74) is 0.265. The molecular formula is C16H25N2O10P. The fourth-order valence-electron chi connectivity index (χ4n) is 2.70. The van der Waals surface area contributed by atoms with Gasteiger partial charge in [0.25, 0.3) is 0 Å². The van der Waals surface area contributed by atoms with Crippen molar-refractivity contribution in [1.29, 1.82) is 0 Å². The number of phenols is 1. The van der Waals surface area contributed by atoms with Gasteiger partial charge < -0.3 is 50.3 Å². The topological polar surface area (TPSA) is 198 Å². The van der Waals surface area contributed by atoms with E-state index in [1.807, 2.05) is 0 Å². The molecule has 0 spiro atoms. The molecule has 2 amide bonds. The van der Waals surface area contributed by atoms with Crippen molar-refractivity contribution in [2.24, 2.45) is 0 Å². The summed E-state index contributed by atoms with van der Waals surface area (Å²) in [4.78, 5) is 29.5. The molecule has 0 bridgehead atoms. The van der Waals surface area contributed by atoms with Crippen LogP contribution in [-0.2, 0) is 9.30 Å². The molecule has 0 aliphatic carbocycles.